The van der Waals surface area contributed by atoms with Crippen LogP contribution in [0.4, 0.5) is 4.79 Å². The number of likely N-dealkylation sites (tertiary alicyclic amines) is 2. The van der Waals surface area contributed by atoms with E-state index in [1.165, 1.54) is 12.8 Å². The van der Waals surface area contributed by atoms with E-state index in [-0.39, 0.29) is 6.03 Å². The van der Waals surface area contributed by atoms with Gasteiger partial charge in [0.2, 0.25) is 0 Å². The molecule has 0 aromatic rings. The lowest BCUT2D eigenvalue weighted by Crippen LogP contribution is -2.52. The lowest BCUT2D eigenvalue weighted by molar-refractivity contribution is -0.143. The molecule has 2 amide bonds. The Hall–Kier alpha value is -1.26. The van der Waals surface area contributed by atoms with Crippen molar-refractivity contribution < 1.29 is 14.7 Å². The van der Waals surface area contributed by atoms with Gasteiger partial charge in [-0.2, -0.15) is 0 Å². The minimum atomic E-state index is -0.776. The van der Waals surface area contributed by atoms with Gasteiger partial charge in [0.25, 0.3) is 0 Å². The van der Waals surface area contributed by atoms with Crippen molar-refractivity contribution in [3.05, 3.63) is 0 Å². The third-order valence-electron chi connectivity index (χ3n) is 5.64. The maximum atomic E-state index is 12.6. The van der Waals surface area contributed by atoms with Crippen LogP contribution in [-0.4, -0.2) is 53.1 Å². The summed E-state index contributed by atoms with van der Waals surface area (Å²) in [6.07, 6.45) is 5.98. The molecule has 2 aliphatic rings. The van der Waals surface area contributed by atoms with Gasteiger partial charge in [0.15, 0.2) is 0 Å². The van der Waals surface area contributed by atoms with Crippen molar-refractivity contribution in [1.29, 1.82) is 0 Å². The van der Waals surface area contributed by atoms with Crippen molar-refractivity contribution in [3.63, 3.8) is 0 Å². The molecule has 2 rings (SSSR count). The van der Waals surface area contributed by atoms with Crippen LogP contribution >= 0.6 is 0 Å². The minimum absolute atomic E-state index is 0.0433. The van der Waals surface area contributed by atoms with E-state index in [1.807, 2.05) is 4.90 Å². The molecule has 0 saturated carbocycles. The zero-order valence-corrected chi connectivity index (χ0v) is 13.3. The van der Waals surface area contributed by atoms with E-state index >= 15 is 0 Å². The summed E-state index contributed by atoms with van der Waals surface area (Å²) in [5.74, 6) is -1.17. The van der Waals surface area contributed by atoms with E-state index in [1.54, 1.807) is 4.90 Å². The number of carbonyl (C=O) groups excluding carboxylic acids is 1. The molecule has 21 heavy (non-hydrogen) atoms. The van der Waals surface area contributed by atoms with Gasteiger partial charge in [-0.05, 0) is 31.1 Å². The van der Waals surface area contributed by atoms with Crippen LogP contribution in [0.25, 0.3) is 0 Å². The van der Waals surface area contributed by atoms with Gasteiger partial charge in [0.05, 0.1) is 5.92 Å². The van der Waals surface area contributed by atoms with E-state index in [2.05, 4.69) is 13.8 Å². The highest BCUT2D eigenvalue weighted by Crippen LogP contribution is 2.38. The first-order valence-electron chi connectivity index (χ1n) is 8.28. The number of carbonyl (C=O) groups is 2. The fourth-order valence-electron chi connectivity index (χ4n) is 3.68. The van der Waals surface area contributed by atoms with Crippen LogP contribution in [0.5, 0.6) is 0 Å². The summed E-state index contributed by atoms with van der Waals surface area (Å²) in [6.45, 7) is 7.18. The Bertz CT molecular complexity index is 383. The molecule has 0 bridgehead atoms. The molecule has 2 aliphatic heterocycles. The monoisotopic (exact) mass is 296 g/mol. The summed E-state index contributed by atoms with van der Waals surface area (Å²) < 4.78 is 0. The predicted molar refractivity (Wildman–Crippen MR) is 81.2 cm³/mol. The molecule has 5 nitrogen and oxygen atoms in total. The molecule has 0 aromatic heterocycles. The fourth-order valence-corrected chi connectivity index (χ4v) is 3.68. The molecule has 0 spiro atoms. The van der Waals surface area contributed by atoms with Crippen molar-refractivity contribution in [2.24, 2.45) is 11.3 Å². The Labute approximate surface area is 127 Å². The summed E-state index contributed by atoms with van der Waals surface area (Å²) >= 11 is 0. The maximum Gasteiger partial charge on any atom is 0.320 e. The largest absolute Gasteiger partial charge is 0.481 e. The minimum Gasteiger partial charge on any atom is -0.481 e. The van der Waals surface area contributed by atoms with Gasteiger partial charge in [-0.3, -0.25) is 4.79 Å². The Kier molecular flexibility index (Phi) is 5.12. The third-order valence-corrected chi connectivity index (χ3v) is 5.64. The van der Waals surface area contributed by atoms with Crippen molar-refractivity contribution in [3.8, 4) is 0 Å². The standard InChI is InChI=1S/C16H28N2O3/c1-3-16(4-2)7-10-17(11-8-16)15(21)18-9-5-6-13(12-18)14(19)20/h13H,3-12H2,1-2H3,(H,19,20). The highest BCUT2D eigenvalue weighted by Gasteiger charge is 2.36. The summed E-state index contributed by atoms with van der Waals surface area (Å²) in [7, 11) is 0. The molecular weight excluding hydrogens is 268 g/mol. The van der Waals surface area contributed by atoms with Gasteiger partial charge >= 0.3 is 12.0 Å². The first kappa shape index (κ1) is 16.1. The van der Waals surface area contributed by atoms with Crippen LogP contribution in [0.1, 0.15) is 52.4 Å². The van der Waals surface area contributed by atoms with Crippen LogP contribution in [0.15, 0.2) is 0 Å². The Morgan fingerprint density at radius 2 is 1.71 bits per heavy atom. The topological polar surface area (TPSA) is 60.9 Å². The van der Waals surface area contributed by atoms with Crippen LogP contribution in [0.2, 0.25) is 0 Å². The summed E-state index contributed by atoms with van der Waals surface area (Å²) in [4.78, 5) is 27.3. The van der Waals surface area contributed by atoms with Crippen LogP contribution in [-0.2, 0) is 4.79 Å². The normalized spacial score (nSPS) is 25.7. The number of hydrogen-bond donors (Lipinski definition) is 1. The molecule has 1 N–H and O–H groups in total. The second-order valence-electron chi connectivity index (χ2n) is 6.60. The quantitative estimate of drug-likeness (QED) is 0.871. The lowest BCUT2D eigenvalue weighted by atomic mass is 9.74. The SMILES string of the molecule is CCC1(CC)CCN(C(=O)N2CCCC(C(=O)O)C2)CC1. The molecule has 1 unspecified atom stereocenters. The number of urea groups is 1. The van der Waals surface area contributed by atoms with Crippen LogP contribution in [0, 0.1) is 11.3 Å². The predicted octanol–water partition coefficient (Wildman–Crippen LogP) is 2.81. The smallest absolute Gasteiger partial charge is 0.320 e. The highest BCUT2D eigenvalue weighted by atomic mass is 16.4. The molecule has 5 heteroatoms. The third kappa shape index (κ3) is 3.50. The van der Waals surface area contributed by atoms with Gasteiger partial charge in [0, 0.05) is 26.2 Å². The van der Waals surface area contributed by atoms with Crippen LogP contribution in [0.3, 0.4) is 0 Å². The molecule has 2 fully saturated rings. The molecular formula is C16H28N2O3. The average molecular weight is 296 g/mol. The van der Waals surface area contributed by atoms with Crippen molar-refractivity contribution >= 4 is 12.0 Å². The average Bonchev–Trinajstić information content (AvgIpc) is 2.54. The molecule has 120 valence electrons. The number of aliphatic carboxylic acids is 1. The molecule has 2 saturated heterocycles. The van der Waals surface area contributed by atoms with Gasteiger partial charge in [0.1, 0.15) is 0 Å². The molecule has 0 aliphatic carbocycles. The second-order valence-corrected chi connectivity index (χ2v) is 6.60. The second kappa shape index (κ2) is 6.67. The molecule has 2 heterocycles. The van der Waals surface area contributed by atoms with E-state index in [4.69, 9.17) is 5.11 Å². The summed E-state index contributed by atoms with van der Waals surface area (Å²) in [5, 5.41) is 9.13. The molecule has 0 radical (unpaired) electrons. The Balaban J connectivity index is 1.91. The van der Waals surface area contributed by atoms with Crippen molar-refractivity contribution in [2.75, 3.05) is 26.2 Å². The summed E-state index contributed by atoms with van der Waals surface area (Å²) in [6, 6.07) is 0.0433. The number of rotatable bonds is 3. The summed E-state index contributed by atoms with van der Waals surface area (Å²) in [5.41, 5.74) is 0.405. The van der Waals surface area contributed by atoms with Crippen molar-refractivity contribution in [2.45, 2.75) is 52.4 Å². The molecule has 0 aromatic carbocycles. The first-order chi connectivity index (χ1) is 10.0. The molecule has 1 atom stereocenters. The van der Waals surface area contributed by atoms with Crippen molar-refractivity contribution in [1.82, 2.24) is 9.80 Å². The number of hydrogen-bond acceptors (Lipinski definition) is 2. The number of carboxylic acid groups (broad SMARTS) is 1. The van der Waals surface area contributed by atoms with Crippen LogP contribution < -0.4 is 0 Å². The van der Waals surface area contributed by atoms with Gasteiger partial charge in [-0.1, -0.05) is 26.7 Å². The fraction of sp³-hybridized carbons (Fsp3) is 0.875. The van der Waals surface area contributed by atoms with E-state index in [0.717, 1.165) is 32.4 Å². The highest BCUT2D eigenvalue weighted by molar-refractivity contribution is 5.76. The number of carboxylic acids is 1. The zero-order valence-electron chi connectivity index (χ0n) is 13.3. The van der Waals surface area contributed by atoms with Gasteiger partial charge < -0.3 is 14.9 Å². The number of amides is 2. The van der Waals surface area contributed by atoms with E-state index in [0.29, 0.717) is 24.9 Å². The maximum absolute atomic E-state index is 12.6. The van der Waals surface area contributed by atoms with E-state index in [9.17, 15) is 9.59 Å². The number of piperidine rings is 2. The zero-order chi connectivity index (χ0) is 15.5. The van der Waals surface area contributed by atoms with Gasteiger partial charge in [-0.15, -0.1) is 0 Å². The van der Waals surface area contributed by atoms with E-state index < -0.39 is 11.9 Å². The Morgan fingerprint density at radius 1 is 1.10 bits per heavy atom. The Morgan fingerprint density at radius 3 is 2.24 bits per heavy atom. The van der Waals surface area contributed by atoms with Gasteiger partial charge in [-0.25, -0.2) is 4.79 Å². The number of nitrogens with zero attached hydrogens (tertiary/aromatic N) is 2. The lowest BCUT2D eigenvalue weighted by Gasteiger charge is -2.43. The first-order valence-corrected chi connectivity index (χ1v) is 8.28.